The molecule has 1 aliphatic heterocycles. The largest absolute Gasteiger partial charge is 0.450 e. The number of esters is 1. The number of aliphatic hydroxyl groups excluding tert-OH is 1. The van der Waals surface area contributed by atoms with E-state index in [0.29, 0.717) is 0 Å². The van der Waals surface area contributed by atoms with Gasteiger partial charge in [-0.15, -0.1) is 0 Å². The molecule has 0 aromatic heterocycles. The molecule has 0 spiro atoms. The molecule has 0 amide bonds. The zero-order chi connectivity index (χ0) is 21.0. The maximum absolute atomic E-state index is 12.7. The predicted octanol–water partition coefficient (Wildman–Crippen LogP) is 1.66. The van der Waals surface area contributed by atoms with E-state index < -0.39 is 40.7 Å². The van der Waals surface area contributed by atoms with Crippen LogP contribution in [0.15, 0.2) is 59.5 Å². The van der Waals surface area contributed by atoms with E-state index in [-0.39, 0.29) is 17.1 Å². The van der Waals surface area contributed by atoms with E-state index >= 15 is 0 Å². The van der Waals surface area contributed by atoms with Crippen molar-refractivity contribution in [3.63, 3.8) is 0 Å². The number of aliphatic hydroxyl groups is 1. The number of carbonyl (C=O) groups excluding carboxylic acids is 1. The van der Waals surface area contributed by atoms with Gasteiger partial charge in [-0.25, -0.2) is 4.79 Å². The molecule has 4 atom stereocenters. The van der Waals surface area contributed by atoms with Crippen molar-refractivity contribution < 1.29 is 36.7 Å². The van der Waals surface area contributed by atoms with E-state index in [9.17, 15) is 18.3 Å². The van der Waals surface area contributed by atoms with Gasteiger partial charge in [0, 0.05) is 7.11 Å². The molecule has 1 saturated heterocycles. The molecule has 1 fully saturated rings. The average molecular weight is 422 g/mol. The molecule has 0 aliphatic carbocycles. The van der Waals surface area contributed by atoms with E-state index in [0.717, 1.165) is 5.56 Å². The van der Waals surface area contributed by atoms with Crippen LogP contribution in [0.1, 0.15) is 15.9 Å². The van der Waals surface area contributed by atoms with Crippen molar-refractivity contribution in [2.75, 3.05) is 13.7 Å². The lowest BCUT2D eigenvalue weighted by Gasteiger charge is -2.38. The van der Waals surface area contributed by atoms with Crippen LogP contribution in [0.2, 0.25) is 0 Å². The Morgan fingerprint density at radius 3 is 2.34 bits per heavy atom. The topological polar surface area (TPSA) is 108 Å². The number of aryl methyl sites for hydroxylation is 1. The summed E-state index contributed by atoms with van der Waals surface area (Å²) in [7, 11) is -2.92. The summed E-state index contributed by atoms with van der Waals surface area (Å²) >= 11 is 0. The smallest absolute Gasteiger partial charge is 0.338 e. The first kappa shape index (κ1) is 21.4. The third-order valence-electron chi connectivity index (χ3n) is 4.43. The molecule has 9 heteroatoms. The minimum Gasteiger partial charge on any atom is -0.450 e. The highest BCUT2D eigenvalue weighted by atomic mass is 32.2. The number of carbonyl (C=O) groups is 1. The summed E-state index contributed by atoms with van der Waals surface area (Å²) in [5.74, 6) is -0.725. The molecule has 0 unspecified atom stereocenters. The number of rotatable bonds is 6. The summed E-state index contributed by atoms with van der Waals surface area (Å²) < 4.78 is 46.6. The molecule has 3 rings (SSSR count). The quantitative estimate of drug-likeness (QED) is 0.553. The Bertz CT molecular complexity index is 927. The van der Waals surface area contributed by atoms with Crippen molar-refractivity contribution in [3.8, 4) is 0 Å². The average Bonchev–Trinajstić information content (AvgIpc) is 2.71. The standard InChI is InChI=1S/C20H22O8S/c1-13-8-10-15(11-9-13)29(23,24)28-17-16(21)12-26-20(25-2)18(17)27-19(22)14-6-4-3-5-7-14/h3-11,16-18,20-21H,12H2,1-2H3/t16-,17-,18-,20+/m1/s1. The summed E-state index contributed by atoms with van der Waals surface area (Å²) in [6, 6.07) is 14.2. The number of hydrogen-bond acceptors (Lipinski definition) is 8. The van der Waals surface area contributed by atoms with Crippen molar-refractivity contribution in [3.05, 3.63) is 65.7 Å². The molecule has 0 bridgehead atoms. The highest BCUT2D eigenvalue weighted by Crippen LogP contribution is 2.27. The lowest BCUT2D eigenvalue weighted by molar-refractivity contribution is -0.255. The number of ether oxygens (including phenoxy) is 3. The van der Waals surface area contributed by atoms with Crippen LogP contribution in [0.5, 0.6) is 0 Å². The lowest BCUT2D eigenvalue weighted by Crippen LogP contribution is -2.56. The number of benzene rings is 2. The number of hydrogen-bond donors (Lipinski definition) is 1. The van der Waals surface area contributed by atoms with Gasteiger partial charge in [0.05, 0.1) is 17.1 Å². The minimum atomic E-state index is -4.24. The Labute approximate surface area is 169 Å². The van der Waals surface area contributed by atoms with Crippen LogP contribution in [-0.2, 0) is 28.5 Å². The summed E-state index contributed by atoms with van der Waals surface area (Å²) in [5, 5.41) is 10.3. The molecular weight excluding hydrogens is 400 g/mol. The Morgan fingerprint density at radius 1 is 1.07 bits per heavy atom. The molecule has 2 aromatic carbocycles. The Morgan fingerprint density at radius 2 is 1.72 bits per heavy atom. The summed E-state index contributed by atoms with van der Waals surface area (Å²) in [6.45, 7) is 1.58. The lowest BCUT2D eigenvalue weighted by atomic mass is 10.1. The monoisotopic (exact) mass is 422 g/mol. The van der Waals surface area contributed by atoms with Crippen LogP contribution in [0.3, 0.4) is 0 Å². The zero-order valence-corrected chi connectivity index (χ0v) is 16.7. The van der Waals surface area contributed by atoms with Gasteiger partial charge in [0.15, 0.2) is 12.4 Å². The normalized spacial score (nSPS) is 24.8. The second-order valence-electron chi connectivity index (χ2n) is 6.57. The van der Waals surface area contributed by atoms with Crippen LogP contribution in [0.25, 0.3) is 0 Å². The zero-order valence-electron chi connectivity index (χ0n) is 15.9. The minimum absolute atomic E-state index is 0.0797. The summed E-state index contributed by atoms with van der Waals surface area (Å²) in [6.07, 6.45) is -5.18. The Kier molecular flexibility index (Phi) is 6.66. The molecule has 1 heterocycles. The fourth-order valence-electron chi connectivity index (χ4n) is 2.87. The van der Waals surface area contributed by atoms with Crippen molar-refractivity contribution >= 4 is 16.1 Å². The van der Waals surface area contributed by atoms with Gasteiger partial charge in [-0.3, -0.25) is 4.18 Å². The third kappa shape index (κ3) is 5.01. The molecular formula is C20H22O8S. The fourth-order valence-corrected chi connectivity index (χ4v) is 3.98. The van der Waals surface area contributed by atoms with E-state index in [1.165, 1.54) is 19.2 Å². The number of methoxy groups -OCH3 is 1. The Hall–Kier alpha value is -2.30. The molecule has 1 aliphatic rings. The van der Waals surface area contributed by atoms with E-state index in [1.54, 1.807) is 42.5 Å². The van der Waals surface area contributed by atoms with Gasteiger partial charge in [0.2, 0.25) is 0 Å². The van der Waals surface area contributed by atoms with E-state index in [2.05, 4.69) is 0 Å². The maximum Gasteiger partial charge on any atom is 0.338 e. The first-order chi connectivity index (χ1) is 13.8. The van der Waals surface area contributed by atoms with Crippen LogP contribution in [0, 0.1) is 6.92 Å². The highest BCUT2D eigenvalue weighted by Gasteiger charge is 2.46. The highest BCUT2D eigenvalue weighted by molar-refractivity contribution is 7.86. The summed E-state index contributed by atoms with van der Waals surface area (Å²) in [4.78, 5) is 12.4. The first-order valence-electron chi connectivity index (χ1n) is 8.90. The first-order valence-corrected chi connectivity index (χ1v) is 10.3. The van der Waals surface area contributed by atoms with Gasteiger partial charge in [-0.1, -0.05) is 35.9 Å². The van der Waals surface area contributed by atoms with Gasteiger partial charge in [-0.05, 0) is 31.2 Å². The molecule has 29 heavy (non-hydrogen) atoms. The van der Waals surface area contributed by atoms with E-state index in [1.807, 2.05) is 6.92 Å². The third-order valence-corrected chi connectivity index (χ3v) is 5.76. The fraction of sp³-hybridized carbons (Fsp3) is 0.350. The van der Waals surface area contributed by atoms with Gasteiger partial charge < -0.3 is 19.3 Å². The van der Waals surface area contributed by atoms with Crippen molar-refractivity contribution in [2.24, 2.45) is 0 Å². The van der Waals surface area contributed by atoms with Crippen molar-refractivity contribution in [1.29, 1.82) is 0 Å². The van der Waals surface area contributed by atoms with Gasteiger partial charge in [0.1, 0.15) is 12.2 Å². The molecule has 8 nitrogen and oxygen atoms in total. The van der Waals surface area contributed by atoms with Crippen molar-refractivity contribution in [2.45, 2.75) is 36.4 Å². The van der Waals surface area contributed by atoms with Gasteiger partial charge in [-0.2, -0.15) is 8.42 Å². The van der Waals surface area contributed by atoms with E-state index in [4.69, 9.17) is 18.4 Å². The molecule has 2 aromatic rings. The maximum atomic E-state index is 12.7. The van der Waals surface area contributed by atoms with Crippen LogP contribution in [0.4, 0.5) is 0 Å². The molecule has 0 saturated carbocycles. The van der Waals surface area contributed by atoms with Crippen LogP contribution in [-0.4, -0.2) is 57.8 Å². The second-order valence-corrected chi connectivity index (χ2v) is 8.14. The SMILES string of the molecule is CO[C@H]1OC[C@@H](O)[C@@H](OS(=O)(=O)c2ccc(C)cc2)[C@H]1OC(=O)c1ccccc1. The molecule has 0 radical (unpaired) electrons. The van der Waals surface area contributed by atoms with Gasteiger partial charge >= 0.3 is 5.97 Å². The van der Waals surface area contributed by atoms with Crippen molar-refractivity contribution in [1.82, 2.24) is 0 Å². The summed E-state index contributed by atoms with van der Waals surface area (Å²) in [5.41, 5.74) is 1.13. The Balaban J connectivity index is 1.86. The van der Waals surface area contributed by atoms with Crippen LogP contribution < -0.4 is 0 Å². The predicted molar refractivity (Wildman–Crippen MR) is 102 cm³/mol. The molecule has 1 N–H and O–H groups in total. The van der Waals surface area contributed by atoms with Gasteiger partial charge in [0.25, 0.3) is 10.1 Å². The second kappa shape index (κ2) is 9.02. The molecule has 156 valence electrons. The van der Waals surface area contributed by atoms with Crippen LogP contribution >= 0.6 is 0 Å².